The third-order valence-corrected chi connectivity index (χ3v) is 2.47. The van der Waals surface area contributed by atoms with Gasteiger partial charge in [0.25, 0.3) is 0 Å². The van der Waals surface area contributed by atoms with E-state index in [9.17, 15) is 0 Å². The van der Waals surface area contributed by atoms with Gasteiger partial charge in [0.15, 0.2) is 0 Å². The standard InChI is InChI=1S/C11H14N2O/c12-10(5-7-14)8-2-1-3-11-9(8)4-6-13-11/h1-4,6,10,13-14H,5,7,12H2/t10-/m0/s1. The number of rotatable bonds is 3. The van der Waals surface area contributed by atoms with Crippen LogP contribution in [-0.2, 0) is 0 Å². The van der Waals surface area contributed by atoms with Gasteiger partial charge in [0, 0.05) is 29.7 Å². The lowest BCUT2D eigenvalue weighted by atomic mass is 10.0. The molecule has 2 rings (SSSR count). The maximum atomic E-state index is 8.83. The fraction of sp³-hybridized carbons (Fsp3) is 0.273. The van der Waals surface area contributed by atoms with Crippen molar-refractivity contribution in [3.05, 3.63) is 36.0 Å². The number of aliphatic hydroxyl groups is 1. The fourth-order valence-corrected chi connectivity index (χ4v) is 1.73. The van der Waals surface area contributed by atoms with Crippen molar-refractivity contribution < 1.29 is 5.11 Å². The number of hydrogen-bond donors (Lipinski definition) is 3. The van der Waals surface area contributed by atoms with Crippen molar-refractivity contribution in [1.29, 1.82) is 0 Å². The van der Waals surface area contributed by atoms with Gasteiger partial charge in [0.2, 0.25) is 0 Å². The Bertz CT molecular complexity index is 422. The summed E-state index contributed by atoms with van der Waals surface area (Å²) in [6.45, 7) is 0.127. The van der Waals surface area contributed by atoms with Gasteiger partial charge in [0.1, 0.15) is 0 Å². The summed E-state index contributed by atoms with van der Waals surface area (Å²) in [6, 6.07) is 7.94. The molecule has 0 spiro atoms. The van der Waals surface area contributed by atoms with Gasteiger partial charge >= 0.3 is 0 Å². The molecule has 0 amide bonds. The highest BCUT2D eigenvalue weighted by molar-refractivity contribution is 5.83. The van der Waals surface area contributed by atoms with Crippen LogP contribution in [0.15, 0.2) is 30.5 Å². The molecule has 0 aliphatic heterocycles. The topological polar surface area (TPSA) is 62.0 Å². The summed E-state index contributed by atoms with van der Waals surface area (Å²) in [5.41, 5.74) is 8.15. The first-order chi connectivity index (χ1) is 6.83. The molecule has 14 heavy (non-hydrogen) atoms. The second-order valence-electron chi connectivity index (χ2n) is 3.40. The van der Waals surface area contributed by atoms with Crippen molar-refractivity contribution in [1.82, 2.24) is 4.98 Å². The van der Waals surface area contributed by atoms with Gasteiger partial charge in [-0.1, -0.05) is 12.1 Å². The zero-order chi connectivity index (χ0) is 9.97. The molecule has 1 heterocycles. The normalized spacial score (nSPS) is 13.3. The highest BCUT2D eigenvalue weighted by atomic mass is 16.3. The molecule has 0 radical (unpaired) electrons. The van der Waals surface area contributed by atoms with Crippen LogP contribution in [0.25, 0.3) is 10.9 Å². The van der Waals surface area contributed by atoms with Gasteiger partial charge in [-0.05, 0) is 24.1 Å². The van der Waals surface area contributed by atoms with Crippen molar-refractivity contribution >= 4 is 10.9 Å². The molecule has 1 aromatic carbocycles. The monoisotopic (exact) mass is 190 g/mol. The number of benzene rings is 1. The number of H-pyrrole nitrogens is 1. The van der Waals surface area contributed by atoms with Gasteiger partial charge in [0.05, 0.1) is 0 Å². The van der Waals surface area contributed by atoms with Crippen molar-refractivity contribution in [2.24, 2.45) is 5.73 Å². The van der Waals surface area contributed by atoms with E-state index >= 15 is 0 Å². The van der Waals surface area contributed by atoms with E-state index in [-0.39, 0.29) is 12.6 Å². The average molecular weight is 190 g/mol. The van der Waals surface area contributed by atoms with Crippen molar-refractivity contribution in [3.8, 4) is 0 Å². The van der Waals surface area contributed by atoms with Gasteiger partial charge in [-0.2, -0.15) is 0 Å². The summed E-state index contributed by atoms with van der Waals surface area (Å²) in [7, 11) is 0. The van der Waals surface area contributed by atoms with Crippen molar-refractivity contribution in [2.45, 2.75) is 12.5 Å². The van der Waals surface area contributed by atoms with Crippen molar-refractivity contribution in [3.63, 3.8) is 0 Å². The molecule has 3 heteroatoms. The van der Waals surface area contributed by atoms with Crippen LogP contribution in [0.2, 0.25) is 0 Å². The molecule has 3 nitrogen and oxygen atoms in total. The van der Waals surface area contributed by atoms with Crippen molar-refractivity contribution in [2.75, 3.05) is 6.61 Å². The Balaban J connectivity index is 2.45. The van der Waals surface area contributed by atoms with Crippen LogP contribution in [-0.4, -0.2) is 16.7 Å². The molecule has 0 unspecified atom stereocenters. The average Bonchev–Trinajstić information content (AvgIpc) is 2.65. The van der Waals surface area contributed by atoms with E-state index in [0.29, 0.717) is 6.42 Å². The Morgan fingerprint density at radius 3 is 3.00 bits per heavy atom. The molecule has 74 valence electrons. The minimum Gasteiger partial charge on any atom is -0.396 e. The van der Waals surface area contributed by atoms with Crippen LogP contribution in [0.5, 0.6) is 0 Å². The zero-order valence-electron chi connectivity index (χ0n) is 7.90. The Morgan fingerprint density at radius 2 is 2.21 bits per heavy atom. The highest BCUT2D eigenvalue weighted by Gasteiger charge is 2.08. The Morgan fingerprint density at radius 1 is 1.36 bits per heavy atom. The first-order valence-electron chi connectivity index (χ1n) is 4.75. The minimum absolute atomic E-state index is 0.0838. The second-order valence-corrected chi connectivity index (χ2v) is 3.40. The molecular formula is C11H14N2O. The smallest absolute Gasteiger partial charge is 0.0457 e. The maximum absolute atomic E-state index is 8.83. The predicted molar refractivity (Wildman–Crippen MR) is 56.9 cm³/mol. The van der Waals surface area contributed by atoms with Crippen LogP contribution < -0.4 is 5.73 Å². The summed E-state index contributed by atoms with van der Waals surface area (Å²) in [5, 5.41) is 9.98. The molecule has 1 atom stereocenters. The largest absolute Gasteiger partial charge is 0.396 e. The third kappa shape index (κ3) is 1.52. The molecule has 0 aliphatic rings. The van der Waals surface area contributed by atoms with Crippen LogP contribution in [0, 0.1) is 0 Å². The minimum atomic E-state index is -0.0838. The summed E-state index contributed by atoms with van der Waals surface area (Å²) in [5.74, 6) is 0. The SMILES string of the molecule is N[C@@H](CCO)c1cccc2[nH]ccc12. The van der Waals surface area contributed by atoms with Crippen LogP contribution in [0.4, 0.5) is 0 Å². The summed E-state index contributed by atoms with van der Waals surface area (Å²) < 4.78 is 0. The third-order valence-electron chi connectivity index (χ3n) is 2.47. The molecule has 0 saturated carbocycles. The van der Waals surface area contributed by atoms with Gasteiger partial charge in [-0.15, -0.1) is 0 Å². The van der Waals surface area contributed by atoms with E-state index in [4.69, 9.17) is 10.8 Å². The maximum Gasteiger partial charge on any atom is 0.0457 e. The predicted octanol–water partition coefficient (Wildman–Crippen LogP) is 1.55. The summed E-state index contributed by atoms with van der Waals surface area (Å²) >= 11 is 0. The lowest BCUT2D eigenvalue weighted by Crippen LogP contribution is -2.11. The van der Waals surface area contributed by atoms with E-state index < -0.39 is 0 Å². The molecule has 0 bridgehead atoms. The second kappa shape index (κ2) is 3.82. The molecular weight excluding hydrogens is 176 g/mol. The first-order valence-corrected chi connectivity index (χ1v) is 4.75. The van der Waals surface area contributed by atoms with Crippen LogP contribution >= 0.6 is 0 Å². The van der Waals surface area contributed by atoms with E-state index in [1.54, 1.807) is 0 Å². The fourth-order valence-electron chi connectivity index (χ4n) is 1.73. The number of aromatic amines is 1. The van der Waals surface area contributed by atoms with E-state index in [2.05, 4.69) is 4.98 Å². The van der Waals surface area contributed by atoms with E-state index in [1.807, 2.05) is 30.5 Å². The summed E-state index contributed by atoms with van der Waals surface area (Å²) in [6.07, 6.45) is 2.50. The number of aromatic nitrogens is 1. The van der Waals surface area contributed by atoms with E-state index in [0.717, 1.165) is 16.5 Å². The highest BCUT2D eigenvalue weighted by Crippen LogP contribution is 2.23. The molecule has 0 fully saturated rings. The number of hydrogen-bond acceptors (Lipinski definition) is 2. The first kappa shape index (κ1) is 9.24. The summed E-state index contributed by atoms with van der Waals surface area (Å²) in [4.78, 5) is 3.14. The number of nitrogens with one attached hydrogen (secondary N) is 1. The molecule has 0 aliphatic carbocycles. The zero-order valence-corrected chi connectivity index (χ0v) is 7.90. The lowest BCUT2D eigenvalue weighted by Gasteiger charge is -2.11. The Kier molecular flexibility index (Phi) is 2.52. The lowest BCUT2D eigenvalue weighted by molar-refractivity contribution is 0.277. The van der Waals surface area contributed by atoms with Gasteiger partial charge in [-0.3, -0.25) is 0 Å². The number of aliphatic hydroxyl groups excluding tert-OH is 1. The quantitative estimate of drug-likeness (QED) is 0.687. The number of fused-ring (bicyclic) bond motifs is 1. The molecule has 4 N–H and O–H groups in total. The van der Waals surface area contributed by atoms with E-state index in [1.165, 1.54) is 0 Å². The molecule has 1 aromatic heterocycles. The molecule has 0 saturated heterocycles. The Hall–Kier alpha value is -1.32. The van der Waals surface area contributed by atoms with Crippen LogP contribution in [0.1, 0.15) is 18.0 Å². The number of nitrogens with two attached hydrogens (primary N) is 1. The van der Waals surface area contributed by atoms with Gasteiger partial charge < -0.3 is 15.8 Å². The van der Waals surface area contributed by atoms with Crippen LogP contribution in [0.3, 0.4) is 0 Å². The Labute approximate surface area is 82.6 Å². The van der Waals surface area contributed by atoms with Gasteiger partial charge in [-0.25, -0.2) is 0 Å². The molecule has 2 aromatic rings.